The molecule has 0 spiro atoms. The highest BCUT2D eigenvalue weighted by Crippen LogP contribution is 2.32. The minimum atomic E-state index is -3.48. The lowest BCUT2D eigenvalue weighted by molar-refractivity contribution is 0.0989. The largest absolute Gasteiger partial charge is 0.380 e. The van der Waals surface area contributed by atoms with Crippen LogP contribution in [0.1, 0.15) is 21.5 Å². The zero-order valence-corrected chi connectivity index (χ0v) is 15.9. The van der Waals surface area contributed by atoms with Crippen molar-refractivity contribution >= 4 is 21.6 Å². The minimum absolute atomic E-state index is 0.0871. The Morgan fingerprint density at radius 1 is 1.15 bits per heavy atom. The number of nitrogens with zero attached hydrogens (tertiary/aromatic N) is 2. The molecule has 0 aromatic heterocycles. The summed E-state index contributed by atoms with van der Waals surface area (Å²) in [5.74, 6) is -0.0871. The first-order chi connectivity index (χ1) is 12.3. The fourth-order valence-electron chi connectivity index (χ4n) is 3.03. The maximum atomic E-state index is 12.8. The van der Waals surface area contributed by atoms with Gasteiger partial charge in [0.25, 0.3) is 5.91 Å². The van der Waals surface area contributed by atoms with Crippen molar-refractivity contribution < 1.29 is 17.9 Å². The van der Waals surface area contributed by atoms with E-state index >= 15 is 0 Å². The van der Waals surface area contributed by atoms with Crippen molar-refractivity contribution in [3.8, 4) is 0 Å². The highest BCUT2D eigenvalue weighted by molar-refractivity contribution is 7.89. The number of amides is 1. The second-order valence-corrected chi connectivity index (χ2v) is 8.57. The number of hydrogen-bond donors (Lipinski definition) is 0. The summed E-state index contributed by atoms with van der Waals surface area (Å²) in [4.78, 5) is 14.8. The van der Waals surface area contributed by atoms with E-state index in [1.165, 1.54) is 18.4 Å². The van der Waals surface area contributed by atoms with Gasteiger partial charge in [0.1, 0.15) is 0 Å². The quantitative estimate of drug-likeness (QED) is 0.805. The van der Waals surface area contributed by atoms with E-state index in [9.17, 15) is 13.2 Å². The normalized spacial score (nSPS) is 13.9. The summed E-state index contributed by atoms with van der Waals surface area (Å²) in [6.45, 7) is 1.05. The molecule has 1 aliphatic heterocycles. The van der Waals surface area contributed by atoms with Gasteiger partial charge in [-0.2, -0.15) is 0 Å². The van der Waals surface area contributed by atoms with Crippen LogP contribution in [0.25, 0.3) is 0 Å². The molecule has 1 aliphatic rings. The first-order valence-corrected chi connectivity index (χ1v) is 9.74. The Labute approximate surface area is 154 Å². The molecule has 0 aliphatic carbocycles. The van der Waals surface area contributed by atoms with Gasteiger partial charge in [0, 0.05) is 39.0 Å². The van der Waals surface area contributed by atoms with Crippen LogP contribution in [-0.4, -0.2) is 46.4 Å². The Morgan fingerprint density at radius 3 is 2.46 bits per heavy atom. The van der Waals surface area contributed by atoms with Crippen LogP contribution < -0.4 is 4.90 Å². The molecule has 0 fully saturated rings. The number of methoxy groups -OCH3 is 1. The van der Waals surface area contributed by atoms with Gasteiger partial charge >= 0.3 is 0 Å². The maximum Gasteiger partial charge on any atom is 0.258 e. The summed E-state index contributed by atoms with van der Waals surface area (Å²) < 4.78 is 30.8. The van der Waals surface area contributed by atoms with Crippen LogP contribution >= 0.6 is 0 Å². The highest BCUT2D eigenvalue weighted by Gasteiger charge is 2.28. The number of fused-ring (bicyclic) bond motifs is 1. The van der Waals surface area contributed by atoms with Gasteiger partial charge in [-0.3, -0.25) is 4.79 Å². The Balaban J connectivity index is 1.86. The molecular weight excluding hydrogens is 352 g/mol. The number of carbonyl (C=O) groups is 1. The van der Waals surface area contributed by atoms with Gasteiger partial charge in [0.05, 0.1) is 11.5 Å². The minimum Gasteiger partial charge on any atom is -0.380 e. The molecule has 0 saturated carbocycles. The molecule has 7 heteroatoms. The SMILES string of the molecule is COCc1ccc(C(=O)N2CCc3cc(S(=O)(=O)N(C)C)ccc32)cc1. The summed E-state index contributed by atoms with van der Waals surface area (Å²) in [5, 5.41) is 0. The van der Waals surface area contributed by atoms with Crippen LogP contribution in [0.15, 0.2) is 47.4 Å². The van der Waals surface area contributed by atoms with Crippen molar-refractivity contribution in [3.63, 3.8) is 0 Å². The lowest BCUT2D eigenvalue weighted by Crippen LogP contribution is -2.28. The molecule has 0 unspecified atom stereocenters. The molecule has 2 aromatic rings. The fraction of sp³-hybridized carbons (Fsp3) is 0.316. The van der Waals surface area contributed by atoms with Gasteiger partial charge in [-0.05, 0) is 47.9 Å². The van der Waals surface area contributed by atoms with Crippen LogP contribution in [0.4, 0.5) is 5.69 Å². The van der Waals surface area contributed by atoms with E-state index in [2.05, 4.69) is 0 Å². The predicted molar refractivity (Wildman–Crippen MR) is 99.9 cm³/mol. The van der Waals surface area contributed by atoms with Gasteiger partial charge < -0.3 is 9.64 Å². The lowest BCUT2D eigenvalue weighted by Gasteiger charge is -2.18. The molecule has 0 saturated heterocycles. The van der Waals surface area contributed by atoms with Gasteiger partial charge in [-0.1, -0.05) is 12.1 Å². The average molecular weight is 374 g/mol. The van der Waals surface area contributed by atoms with Gasteiger partial charge in [0.2, 0.25) is 10.0 Å². The lowest BCUT2D eigenvalue weighted by atomic mass is 10.1. The zero-order valence-electron chi connectivity index (χ0n) is 15.1. The molecule has 138 valence electrons. The molecule has 2 aromatic carbocycles. The van der Waals surface area contributed by atoms with E-state index in [4.69, 9.17) is 4.74 Å². The molecule has 0 radical (unpaired) electrons. The monoisotopic (exact) mass is 374 g/mol. The third kappa shape index (κ3) is 3.38. The molecule has 0 N–H and O–H groups in total. The van der Waals surface area contributed by atoms with Crippen molar-refractivity contribution in [2.24, 2.45) is 0 Å². The van der Waals surface area contributed by atoms with Crippen LogP contribution in [0.5, 0.6) is 0 Å². The Hall–Kier alpha value is -2.22. The Bertz CT molecular complexity index is 921. The summed E-state index contributed by atoms with van der Waals surface area (Å²) in [7, 11) is 1.16. The Kier molecular flexibility index (Phi) is 5.13. The number of carbonyl (C=O) groups excluding carboxylic acids is 1. The molecule has 1 heterocycles. The fourth-order valence-corrected chi connectivity index (χ4v) is 3.98. The topological polar surface area (TPSA) is 66.9 Å². The van der Waals surface area contributed by atoms with Gasteiger partial charge in [0.15, 0.2) is 0 Å². The second kappa shape index (κ2) is 7.19. The summed E-state index contributed by atoms with van der Waals surface area (Å²) in [6.07, 6.45) is 0.639. The van der Waals surface area contributed by atoms with E-state index in [0.717, 1.165) is 16.8 Å². The number of anilines is 1. The summed E-state index contributed by atoms with van der Waals surface area (Å²) in [6, 6.07) is 12.3. The van der Waals surface area contributed by atoms with Crippen molar-refractivity contribution in [3.05, 3.63) is 59.2 Å². The third-order valence-corrected chi connectivity index (χ3v) is 6.29. The number of hydrogen-bond acceptors (Lipinski definition) is 4. The second-order valence-electron chi connectivity index (χ2n) is 6.41. The van der Waals surface area contributed by atoms with E-state index in [0.29, 0.717) is 25.1 Å². The standard InChI is InChI=1S/C19H22N2O4S/c1-20(2)26(23,24)17-8-9-18-16(12-17)10-11-21(18)19(22)15-6-4-14(5-7-15)13-25-3/h4-9,12H,10-11,13H2,1-3H3. The van der Waals surface area contributed by atoms with E-state index in [1.54, 1.807) is 42.3 Å². The van der Waals surface area contributed by atoms with E-state index in [-0.39, 0.29) is 10.8 Å². The number of ether oxygens (including phenoxy) is 1. The predicted octanol–water partition coefficient (Wildman–Crippen LogP) is 2.29. The smallest absolute Gasteiger partial charge is 0.258 e. The van der Waals surface area contributed by atoms with Crippen LogP contribution in [0, 0.1) is 0 Å². The molecule has 6 nitrogen and oxygen atoms in total. The molecule has 26 heavy (non-hydrogen) atoms. The maximum absolute atomic E-state index is 12.8. The number of rotatable bonds is 5. The number of benzene rings is 2. The number of sulfonamides is 1. The van der Waals surface area contributed by atoms with Crippen LogP contribution in [0.2, 0.25) is 0 Å². The van der Waals surface area contributed by atoms with Crippen molar-refractivity contribution in [2.75, 3.05) is 32.6 Å². The zero-order chi connectivity index (χ0) is 18.9. The van der Waals surface area contributed by atoms with Gasteiger partial charge in [-0.25, -0.2) is 12.7 Å². The van der Waals surface area contributed by atoms with Crippen LogP contribution in [0.3, 0.4) is 0 Å². The Morgan fingerprint density at radius 2 is 1.85 bits per heavy atom. The van der Waals surface area contributed by atoms with E-state index in [1.807, 2.05) is 12.1 Å². The van der Waals surface area contributed by atoms with E-state index < -0.39 is 10.0 Å². The first-order valence-electron chi connectivity index (χ1n) is 8.30. The van der Waals surface area contributed by atoms with Crippen LogP contribution in [-0.2, 0) is 27.8 Å². The molecule has 1 amide bonds. The first kappa shape index (κ1) is 18.6. The van der Waals surface area contributed by atoms with Gasteiger partial charge in [-0.15, -0.1) is 0 Å². The highest BCUT2D eigenvalue weighted by atomic mass is 32.2. The molecular formula is C19H22N2O4S. The summed E-state index contributed by atoms with van der Waals surface area (Å²) >= 11 is 0. The summed E-state index contributed by atoms with van der Waals surface area (Å²) in [5.41, 5.74) is 3.25. The average Bonchev–Trinajstić information content (AvgIpc) is 3.05. The molecule has 0 atom stereocenters. The molecule has 0 bridgehead atoms. The van der Waals surface area contributed by atoms with Crippen molar-refractivity contribution in [1.82, 2.24) is 4.31 Å². The molecule has 3 rings (SSSR count). The third-order valence-electron chi connectivity index (χ3n) is 4.48. The van der Waals surface area contributed by atoms with Crippen molar-refractivity contribution in [1.29, 1.82) is 0 Å². The van der Waals surface area contributed by atoms with Crippen molar-refractivity contribution in [2.45, 2.75) is 17.9 Å².